The molecule has 6 rings (SSSR count). The van der Waals surface area contributed by atoms with E-state index in [1.54, 1.807) is 30.0 Å². The minimum atomic E-state index is 0.193. The van der Waals surface area contributed by atoms with Crippen molar-refractivity contribution in [2.45, 2.75) is 55.3 Å². The van der Waals surface area contributed by atoms with Gasteiger partial charge >= 0.3 is 0 Å². The standard InChI is InChI=1S/C28H30N2OS/c1-28-11-9-19-18-8-6-17(31-3)13-16(18)5-7-20(19)24(28)14-22-25(28)21-10-12-30(2)26(21)23(15-29)27(22)32-4/h6,8,10,12-13,19-20,24H,5,7,9,11,14H2,1-4H3/t19-,20-,24+,28+/m1/s1. The number of rotatable bonds is 2. The van der Waals surface area contributed by atoms with E-state index in [1.807, 2.05) is 0 Å². The van der Waals surface area contributed by atoms with Crippen molar-refractivity contribution < 1.29 is 4.74 Å². The van der Waals surface area contributed by atoms with Crippen LogP contribution in [0.5, 0.6) is 5.75 Å². The van der Waals surface area contributed by atoms with Gasteiger partial charge in [-0.05, 0) is 102 Å². The van der Waals surface area contributed by atoms with Gasteiger partial charge in [-0.25, -0.2) is 0 Å². The summed E-state index contributed by atoms with van der Waals surface area (Å²) in [6, 6.07) is 11.6. The molecule has 4 heteroatoms. The summed E-state index contributed by atoms with van der Waals surface area (Å²) in [5.41, 5.74) is 8.28. The van der Waals surface area contributed by atoms with Crippen LogP contribution < -0.4 is 4.74 Å². The zero-order valence-electron chi connectivity index (χ0n) is 19.4. The Balaban J connectivity index is 1.51. The molecule has 3 aliphatic rings. The maximum Gasteiger partial charge on any atom is 0.119 e. The molecule has 3 aromatic rings. The fraction of sp³-hybridized carbons (Fsp3) is 0.464. The molecule has 0 N–H and O–H groups in total. The molecule has 0 unspecified atom stereocenters. The van der Waals surface area contributed by atoms with Crippen molar-refractivity contribution in [1.29, 1.82) is 5.26 Å². The van der Waals surface area contributed by atoms with E-state index in [4.69, 9.17) is 4.74 Å². The van der Waals surface area contributed by atoms with Crippen molar-refractivity contribution >= 4 is 22.7 Å². The molecule has 0 saturated heterocycles. The van der Waals surface area contributed by atoms with Crippen molar-refractivity contribution in [2.75, 3.05) is 13.4 Å². The normalized spacial score (nSPS) is 27.9. The molecule has 2 aromatic carbocycles. The Morgan fingerprint density at radius 3 is 2.84 bits per heavy atom. The van der Waals surface area contributed by atoms with Crippen molar-refractivity contribution in [3.05, 3.63) is 58.3 Å². The number of hydrogen-bond acceptors (Lipinski definition) is 3. The van der Waals surface area contributed by atoms with Gasteiger partial charge in [-0.3, -0.25) is 0 Å². The first-order chi connectivity index (χ1) is 15.5. The van der Waals surface area contributed by atoms with E-state index in [9.17, 15) is 5.26 Å². The second kappa shape index (κ2) is 7.06. The van der Waals surface area contributed by atoms with Gasteiger partial charge in [0, 0.05) is 23.5 Å². The highest BCUT2D eigenvalue weighted by Crippen LogP contribution is 2.62. The van der Waals surface area contributed by atoms with Gasteiger partial charge in [-0.2, -0.15) is 5.26 Å². The van der Waals surface area contributed by atoms with E-state index in [0.717, 1.165) is 29.7 Å². The van der Waals surface area contributed by atoms with Gasteiger partial charge < -0.3 is 9.30 Å². The lowest BCUT2D eigenvalue weighted by atomic mass is 9.54. The second-order valence-corrected chi connectivity index (χ2v) is 11.0. The molecule has 32 heavy (non-hydrogen) atoms. The molecule has 3 nitrogen and oxygen atoms in total. The Bertz CT molecular complexity index is 1300. The van der Waals surface area contributed by atoms with E-state index in [2.05, 4.69) is 61.3 Å². The van der Waals surface area contributed by atoms with Crippen LogP contribution in [-0.4, -0.2) is 17.9 Å². The summed E-state index contributed by atoms with van der Waals surface area (Å²) in [5, 5.41) is 11.4. The van der Waals surface area contributed by atoms with Crippen LogP contribution in [0.2, 0.25) is 0 Å². The van der Waals surface area contributed by atoms with Gasteiger partial charge in [0.05, 0.1) is 18.2 Å². The van der Waals surface area contributed by atoms with Gasteiger partial charge in [-0.1, -0.05) is 13.0 Å². The highest BCUT2D eigenvalue weighted by atomic mass is 32.2. The molecule has 1 heterocycles. The van der Waals surface area contributed by atoms with Gasteiger partial charge in [0.15, 0.2) is 0 Å². The van der Waals surface area contributed by atoms with E-state index in [1.165, 1.54) is 40.7 Å². The van der Waals surface area contributed by atoms with Crippen molar-refractivity contribution in [3.63, 3.8) is 0 Å². The highest BCUT2D eigenvalue weighted by molar-refractivity contribution is 7.98. The van der Waals surface area contributed by atoms with Crippen LogP contribution in [0.1, 0.15) is 59.9 Å². The van der Waals surface area contributed by atoms with E-state index >= 15 is 0 Å². The molecule has 164 valence electrons. The van der Waals surface area contributed by atoms with Crippen molar-refractivity contribution in [1.82, 2.24) is 4.57 Å². The van der Waals surface area contributed by atoms with E-state index in [-0.39, 0.29) is 5.41 Å². The van der Waals surface area contributed by atoms with Crippen molar-refractivity contribution in [3.8, 4) is 11.8 Å². The first kappa shape index (κ1) is 20.2. The van der Waals surface area contributed by atoms with Crippen LogP contribution in [0.25, 0.3) is 10.9 Å². The summed E-state index contributed by atoms with van der Waals surface area (Å²) in [7, 11) is 3.84. The number of hydrogen-bond donors (Lipinski definition) is 0. The Kier molecular flexibility index (Phi) is 4.46. The number of aromatic nitrogens is 1. The Hall–Kier alpha value is -2.38. The molecule has 1 saturated carbocycles. The third kappa shape index (κ3) is 2.49. The largest absolute Gasteiger partial charge is 0.497 e. The number of methoxy groups -OCH3 is 1. The lowest BCUT2D eigenvalue weighted by Crippen LogP contribution is -2.43. The molecule has 0 bridgehead atoms. The number of nitriles is 1. The summed E-state index contributed by atoms with van der Waals surface area (Å²) in [5.74, 6) is 2.99. The molecule has 4 atom stereocenters. The summed E-state index contributed by atoms with van der Waals surface area (Å²) in [4.78, 5) is 1.23. The average molecular weight is 443 g/mol. The van der Waals surface area contributed by atoms with E-state index in [0.29, 0.717) is 17.8 Å². The molecular weight excluding hydrogens is 412 g/mol. The Morgan fingerprint density at radius 1 is 1.25 bits per heavy atom. The minimum Gasteiger partial charge on any atom is -0.497 e. The SMILES string of the molecule is COc1ccc2c(c1)CC[C@@H]1[C@@H]2CC[C@]2(C)c3c(c(SC)c(C#N)c4c3ccn4C)C[C@@H]12. The Labute approximate surface area is 194 Å². The number of benzene rings is 2. The Morgan fingerprint density at radius 2 is 2.09 bits per heavy atom. The van der Waals surface area contributed by atoms with Crippen LogP contribution in [-0.2, 0) is 25.3 Å². The highest BCUT2D eigenvalue weighted by Gasteiger charge is 2.54. The van der Waals surface area contributed by atoms with Gasteiger partial charge in [-0.15, -0.1) is 11.8 Å². The fourth-order valence-corrected chi connectivity index (χ4v) is 8.44. The molecule has 3 aliphatic carbocycles. The van der Waals surface area contributed by atoms with E-state index < -0.39 is 0 Å². The van der Waals surface area contributed by atoms with Crippen LogP contribution in [0.4, 0.5) is 0 Å². The molecule has 0 aliphatic heterocycles. The maximum absolute atomic E-state index is 10.1. The molecule has 1 aromatic heterocycles. The average Bonchev–Trinajstić information content (AvgIpc) is 3.34. The number of ether oxygens (including phenoxy) is 1. The second-order valence-electron chi connectivity index (χ2n) is 10.2. The number of fused-ring (bicyclic) bond motifs is 9. The third-order valence-electron chi connectivity index (χ3n) is 9.02. The first-order valence-electron chi connectivity index (χ1n) is 11.8. The predicted octanol–water partition coefficient (Wildman–Crippen LogP) is 6.35. The third-order valence-corrected chi connectivity index (χ3v) is 9.87. The quantitative estimate of drug-likeness (QED) is 0.434. The number of aryl methyl sites for hydroxylation is 2. The zero-order chi connectivity index (χ0) is 22.2. The topological polar surface area (TPSA) is 37.9 Å². The van der Waals surface area contributed by atoms with Crippen LogP contribution >= 0.6 is 11.8 Å². The monoisotopic (exact) mass is 442 g/mol. The zero-order valence-corrected chi connectivity index (χ0v) is 20.2. The van der Waals surface area contributed by atoms with Crippen LogP contribution in [0, 0.1) is 23.2 Å². The van der Waals surface area contributed by atoms with Gasteiger partial charge in [0.1, 0.15) is 11.8 Å². The molecule has 0 spiro atoms. The minimum absolute atomic E-state index is 0.193. The predicted molar refractivity (Wildman–Crippen MR) is 131 cm³/mol. The fourth-order valence-electron chi connectivity index (χ4n) is 7.67. The van der Waals surface area contributed by atoms with Gasteiger partial charge in [0.25, 0.3) is 0 Å². The number of thioether (sulfide) groups is 1. The molecule has 1 fully saturated rings. The van der Waals surface area contributed by atoms with Crippen molar-refractivity contribution in [2.24, 2.45) is 18.9 Å². The summed E-state index contributed by atoms with van der Waals surface area (Å²) in [6.45, 7) is 2.53. The lowest BCUT2D eigenvalue weighted by molar-refractivity contribution is 0.106. The summed E-state index contributed by atoms with van der Waals surface area (Å²) in [6.07, 6.45) is 10.3. The molecule has 0 amide bonds. The number of nitrogens with zero attached hydrogens (tertiary/aromatic N) is 2. The lowest BCUT2D eigenvalue weighted by Gasteiger charge is -2.49. The molecule has 0 radical (unpaired) electrons. The summed E-state index contributed by atoms with van der Waals surface area (Å²) < 4.78 is 7.66. The summed E-state index contributed by atoms with van der Waals surface area (Å²) >= 11 is 1.77. The molecular formula is C28H30N2OS. The van der Waals surface area contributed by atoms with Crippen LogP contribution in [0.3, 0.4) is 0 Å². The van der Waals surface area contributed by atoms with Gasteiger partial charge in [0.2, 0.25) is 0 Å². The van der Waals surface area contributed by atoms with Crippen LogP contribution in [0.15, 0.2) is 35.4 Å². The first-order valence-corrected chi connectivity index (χ1v) is 13.0. The maximum atomic E-state index is 10.1. The smallest absolute Gasteiger partial charge is 0.119 e.